The number of nitrogens with two attached hydrogens (primary N) is 1. The number of rotatable bonds is 4. The van der Waals surface area contributed by atoms with Crippen LogP contribution in [0.2, 0.25) is 0 Å². The van der Waals surface area contributed by atoms with Gasteiger partial charge >= 0.3 is 0 Å². The fraction of sp³-hybridized carbons (Fsp3) is 0.111. The van der Waals surface area contributed by atoms with E-state index in [1.807, 2.05) is 48.5 Å². The number of ether oxygens (including phenoxy) is 1. The predicted molar refractivity (Wildman–Crippen MR) is 84.0 cm³/mol. The van der Waals surface area contributed by atoms with Crippen LogP contribution in [-0.4, -0.2) is 6.61 Å². The molecule has 20 heavy (non-hydrogen) atoms. The van der Waals surface area contributed by atoms with E-state index in [4.69, 9.17) is 10.5 Å². The van der Waals surface area contributed by atoms with E-state index in [1.165, 1.54) is 5.39 Å². The minimum Gasteiger partial charge on any atom is -0.493 e. The molecule has 0 heterocycles. The van der Waals surface area contributed by atoms with Gasteiger partial charge in [0.15, 0.2) is 0 Å². The second kappa shape index (κ2) is 5.66. The van der Waals surface area contributed by atoms with Gasteiger partial charge in [0, 0.05) is 17.5 Å². The van der Waals surface area contributed by atoms with Crippen molar-refractivity contribution in [1.82, 2.24) is 0 Å². The molecule has 2 heteroatoms. The van der Waals surface area contributed by atoms with Crippen molar-refractivity contribution in [2.45, 2.75) is 6.42 Å². The number of nitrogen functional groups attached to an aromatic ring is 1. The van der Waals surface area contributed by atoms with Crippen molar-refractivity contribution in [1.29, 1.82) is 0 Å². The van der Waals surface area contributed by atoms with E-state index in [1.54, 1.807) is 0 Å². The Kier molecular flexibility index (Phi) is 3.55. The SMILES string of the molecule is Nc1ccccc1CCOc1cccc2ccccc12. The first kappa shape index (κ1) is 12.5. The standard InChI is InChI=1S/C18H17NO/c19-17-10-4-2-7-15(17)12-13-20-18-11-5-8-14-6-1-3-9-16(14)18/h1-11H,12-13,19H2. The van der Waals surface area contributed by atoms with Gasteiger partial charge in [0.2, 0.25) is 0 Å². The van der Waals surface area contributed by atoms with Gasteiger partial charge in [0.1, 0.15) is 5.75 Å². The molecule has 0 radical (unpaired) electrons. The summed E-state index contributed by atoms with van der Waals surface area (Å²) in [7, 11) is 0. The molecule has 0 aliphatic heterocycles. The maximum absolute atomic E-state index is 5.93. The number of hydrogen-bond donors (Lipinski definition) is 1. The van der Waals surface area contributed by atoms with Gasteiger partial charge in [-0.25, -0.2) is 0 Å². The van der Waals surface area contributed by atoms with Gasteiger partial charge in [-0.05, 0) is 23.1 Å². The van der Waals surface area contributed by atoms with Crippen LogP contribution >= 0.6 is 0 Å². The molecule has 0 aliphatic carbocycles. The van der Waals surface area contributed by atoms with Crippen LogP contribution < -0.4 is 10.5 Å². The second-order valence-electron chi connectivity index (χ2n) is 4.77. The van der Waals surface area contributed by atoms with E-state index >= 15 is 0 Å². The van der Waals surface area contributed by atoms with Gasteiger partial charge in [-0.15, -0.1) is 0 Å². The van der Waals surface area contributed by atoms with Crippen molar-refractivity contribution in [3.63, 3.8) is 0 Å². The first-order chi connectivity index (χ1) is 9.84. The summed E-state index contributed by atoms with van der Waals surface area (Å²) in [6.45, 7) is 0.627. The Bertz CT molecular complexity index is 716. The molecule has 3 rings (SSSR count). The summed E-state index contributed by atoms with van der Waals surface area (Å²) in [6.07, 6.45) is 0.815. The van der Waals surface area contributed by atoms with Crippen molar-refractivity contribution in [2.75, 3.05) is 12.3 Å². The number of anilines is 1. The van der Waals surface area contributed by atoms with Crippen LogP contribution in [0.1, 0.15) is 5.56 Å². The molecule has 0 unspecified atom stereocenters. The van der Waals surface area contributed by atoms with Gasteiger partial charge in [0.05, 0.1) is 6.61 Å². The molecule has 0 aromatic heterocycles. The molecule has 0 spiro atoms. The van der Waals surface area contributed by atoms with Crippen LogP contribution in [0.4, 0.5) is 5.69 Å². The van der Waals surface area contributed by atoms with Crippen LogP contribution in [0.25, 0.3) is 10.8 Å². The summed E-state index contributed by atoms with van der Waals surface area (Å²) in [5.41, 5.74) is 7.89. The zero-order chi connectivity index (χ0) is 13.8. The predicted octanol–water partition coefficient (Wildman–Crippen LogP) is 4.04. The molecule has 2 N–H and O–H groups in total. The van der Waals surface area contributed by atoms with Crippen LogP contribution in [-0.2, 0) is 6.42 Å². The van der Waals surface area contributed by atoms with E-state index < -0.39 is 0 Å². The molecule has 0 saturated heterocycles. The van der Waals surface area contributed by atoms with Crippen molar-refractivity contribution < 1.29 is 4.74 Å². The molecular formula is C18H17NO. The summed E-state index contributed by atoms with van der Waals surface area (Å²) in [5, 5.41) is 2.35. The van der Waals surface area contributed by atoms with Gasteiger partial charge in [-0.3, -0.25) is 0 Å². The third-order valence-electron chi connectivity index (χ3n) is 3.43. The summed E-state index contributed by atoms with van der Waals surface area (Å²) < 4.78 is 5.92. The Balaban J connectivity index is 1.73. The van der Waals surface area contributed by atoms with E-state index in [9.17, 15) is 0 Å². The number of hydrogen-bond acceptors (Lipinski definition) is 2. The Morgan fingerprint density at radius 1 is 0.800 bits per heavy atom. The third-order valence-corrected chi connectivity index (χ3v) is 3.43. The van der Waals surface area contributed by atoms with Crippen LogP contribution in [0, 0.1) is 0 Å². The quantitative estimate of drug-likeness (QED) is 0.721. The number of benzene rings is 3. The Hall–Kier alpha value is -2.48. The van der Waals surface area contributed by atoms with Gasteiger partial charge < -0.3 is 10.5 Å². The lowest BCUT2D eigenvalue weighted by Gasteiger charge is -2.10. The molecule has 0 bridgehead atoms. The molecule has 100 valence electrons. The molecule has 2 nitrogen and oxygen atoms in total. The van der Waals surface area contributed by atoms with Crippen molar-refractivity contribution in [3.05, 3.63) is 72.3 Å². The van der Waals surface area contributed by atoms with Crippen molar-refractivity contribution in [2.24, 2.45) is 0 Å². The first-order valence-corrected chi connectivity index (χ1v) is 6.78. The summed E-state index contributed by atoms with van der Waals surface area (Å²) in [6, 6.07) is 22.3. The maximum atomic E-state index is 5.93. The molecule has 0 amide bonds. The topological polar surface area (TPSA) is 35.2 Å². The fourth-order valence-electron chi connectivity index (χ4n) is 2.35. The summed E-state index contributed by atoms with van der Waals surface area (Å²) in [5.74, 6) is 0.928. The summed E-state index contributed by atoms with van der Waals surface area (Å²) >= 11 is 0. The lowest BCUT2D eigenvalue weighted by Crippen LogP contribution is -2.04. The van der Waals surface area contributed by atoms with E-state index in [0.717, 1.165) is 28.8 Å². The van der Waals surface area contributed by atoms with Gasteiger partial charge in [0.25, 0.3) is 0 Å². The Morgan fingerprint density at radius 2 is 1.55 bits per heavy atom. The highest BCUT2D eigenvalue weighted by atomic mass is 16.5. The van der Waals surface area contributed by atoms with E-state index in [0.29, 0.717) is 6.61 Å². The van der Waals surface area contributed by atoms with Gasteiger partial charge in [-0.2, -0.15) is 0 Å². The van der Waals surface area contributed by atoms with Crippen LogP contribution in [0.5, 0.6) is 5.75 Å². The molecule has 0 saturated carbocycles. The third kappa shape index (κ3) is 2.59. The number of fused-ring (bicyclic) bond motifs is 1. The summed E-state index contributed by atoms with van der Waals surface area (Å²) in [4.78, 5) is 0. The zero-order valence-corrected chi connectivity index (χ0v) is 11.3. The molecule has 3 aromatic carbocycles. The van der Waals surface area contributed by atoms with Crippen molar-refractivity contribution >= 4 is 16.5 Å². The van der Waals surface area contributed by atoms with Crippen molar-refractivity contribution in [3.8, 4) is 5.75 Å². The smallest absolute Gasteiger partial charge is 0.127 e. The molecule has 0 atom stereocenters. The fourth-order valence-corrected chi connectivity index (χ4v) is 2.35. The minimum absolute atomic E-state index is 0.627. The monoisotopic (exact) mass is 263 g/mol. The lowest BCUT2D eigenvalue weighted by molar-refractivity contribution is 0.326. The Morgan fingerprint density at radius 3 is 2.45 bits per heavy atom. The highest BCUT2D eigenvalue weighted by molar-refractivity contribution is 5.88. The Labute approximate surface area is 118 Å². The van der Waals surface area contributed by atoms with Gasteiger partial charge in [-0.1, -0.05) is 54.6 Å². The average molecular weight is 263 g/mol. The lowest BCUT2D eigenvalue weighted by atomic mass is 10.1. The highest BCUT2D eigenvalue weighted by Gasteiger charge is 2.02. The van der Waals surface area contributed by atoms with Crippen LogP contribution in [0.3, 0.4) is 0 Å². The van der Waals surface area contributed by atoms with E-state index in [-0.39, 0.29) is 0 Å². The zero-order valence-electron chi connectivity index (χ0n) is 11.3. The average Bonchev–Trinajstić information content (AvgIpc) is 2.49. The van der Waals surface area contributed by atoms with Crippen LogP contribution in [0.15, 0.2) is 66.7 Å². The maximum Gasteiger partial charge on any atom is 0.127 e. The normalized spacial score (nSPS) is 10.6. The molecule has 3 aromatic rings. The largest absolute Gasteiger partial charge is 0.493 e. The first-order valence-electron chi connectivity index (χ1n) is 6.78. The van der Waals surface area contributed by atoms with E-state index in [2.05, 4.69) is 18.2 Å². The minimum atomic E-state index is 0.627. The second-order valence-corrected chi connectivity index (χ2v) is 4.77. The molecular weight excluding hydrogens is 246 g/mol. The highest BCUT2D eigenvalue weighted by Crippen LogP contribution is 2.25. The molecule has 0 fully saturated rings. The molecule has 0 aliphatic rings. The number of para-hydroxylation sites is 1.